The number of aryl methyl sites for hydroxylation is 2. The van der Waals surface area contributed by atoms with Crippen LogP contribution in [0.1, 0.15) is 41.1 Å². The molecule has 0 radical (unpaired) electrons. The maximum Gasteiger partial charge on any atom is 0.223 e. The third-order valence-electron chi connectivity index (χ3n) is 6.79. The molecule has 1 fully saturated rings. The molecule has 0 bridgehead atoms. The summed E-state index contributed by atoms with van der Waals surface area (Å²) in [7, 11) is 0. The van der Waals surface area contributed by atoms with Crippen LogP contribution in [0.5, 0.6) is 0 Å². The number of fused-ring (bicyclic) bond motifs is 1. The summed E-state index contributed by atoms with van der Waals surface area (Å²) >= 11 is 0. The molecule has 1 aromatic heterocycles. The van der Waals surface area contributed by atoms with Crippen LogP contribution in [0, 0.1) is 25.2 Å². The van der Waals surface area contributed by atoms with Gasteiger partial charge in [0, 0.05) is 12.5 Å². The van der Waals surface area contributed by atoms with Gasteiger partial charge in [-0.3, -0.25) is 10.2 Å². The zero-order valence-electron chi connectivity index (χ0n) is 19.9. The molecule has 4 aromatic rings. The Morgan fingerprint density at radius 3 is 2.12 bits per heavy atom. The summed E-state index contributed by atoms with van der Waals surface area (Å²) in [4.78, 5) is 12.5. The minimum atomic E-state index is -0.0536. The molecule has 1 amide bonds. The third kappa shape index (κ3) is 4.69. The van der Waals surface area contributed by atoms with Crippen molar-refractivity contribution in [3.63, 3.8) is 0 Å². The van der Waals surface area contributed by atoms with Crippen molar-refractivity contribution < 1.29 is 4.79 Å². The van der Waals surface area contributed by atoms with Crippen molar-refractivity contribution in [1.82, 2.24) is 14.5 Å². The fraction of sp³-hybridized carbons (Fsp3) is 0.310. The van der Waals surface area contributed by atoms with E-state index in [1.165, 1.54) is 22.3 Å². The number of hydrogen-bond donors (Lipinski definition) is 2. The standard InChI is InChI=1S/C29H32N4O/c1-20-7-11-22(12-8-20)17-25(18-31-28(34)24-15-16-24)33-27-6-4-3-5-26(27)32(29(33)30)19-23-13-9-21(2)10-14-23/h3-14,24-25,30H,15-19H2,1-2H3,(H,31,34). The molecule has 5 nitrogen and oxygen atoms in total. The molecule has 1 aliphatic carbocycles. The first kappa shape index (κ1) is 22.2. The number of rotatable bonds is 8. The Labute approximate surface area is 200 Å². The molecule has 1 aliphatic rings. The van der Waals surface area contributed by atoms with Gasteiger partial charge >= 0.3 is 0 Å². The van der Waals surface area contributed by atoms with Gasteiger partial charge in [0.05, 0.1) is 23.6 Å². The quantitative estimate of drug-likeness (QED) is 0.393. The highest BCUT2D eigenvalue weighted by Gasteiger charge is 2.30. The summed E-state index contributed by atoms with van der Waals surface area (Å²) in [6.07, 6.45) is 2.72. The molecule has 1 unspecified atom stereocenters. The number of carbonyl (C=O) groups excluding carboxylic acids is 1. The molecule has 0 saturated heterocycles. The van der Waals surface area contributed by atoms with Gasteiger partial charge < -0.3 is 14.5 Å². The van der Waals surface area contributed by atoms with Crippen LogP contribution in [-0.2, 0) is 17.8 Å². The lowest BCUT2D eigenvalue weighted by Crippen LogP contribution is -2.37. The van der Waals surface area contributed by atoms with E-state index in [1.54, 1.807) is 0 Å². The molecule has 5 rings (SSSR count). The summed E-state index contributed by atoms with van der Waals surface area (Å²) in [6.45, 7) is 5.33. The summed E-state index contributed by atoms with van der Waals surface area (Å²) < 4.78 is 4.18. The Balaban J connectivity index is 1.54. The Bertz CT molecular complexity index is 1360. The molecule has 3 aromatic carbocycles. The van der Waals surface area contributed by atoms with E-state index < -0.39 is 0 Å². The highest BCUT2D eigenvalue weighted by Crippen LogP contribution is 2.29. The zero-order valence-corrected chi connectivity index (χ0v) is 19.9. The van der Waals surface area contributed by atoms with Gasteiger partial charge in [-0.25, -0.2) is 0 Å². The van der Waals surface area contributed by atoms with Crippen LogP contribution in [-0.4, -0.2) is 21.6 Å². The van der Waals surface area contributed by atoms with Crippen molar-refractivity contribution in [3.8, 4) is 0 Å². The van der Waals surface area contributed by atoms with E-state index in [2.05, 4.69) is 89.0 Å². The molecule has 34 heavy (non-hydrogen) atoms. The second-order valence-electron chi connectivity index (χ2n) is 9.62. The first-order chi connectivity index (χ1) is 16.5. The smallest absolute Gasteiger partial charge is 0.223 e. The van der Waals surface area contributed by atoms with Crippen molar-refractivity contribution in [2.75, 3.05) is 6.54 Å². The number of nitrogens with zero attached hydrogens (tertiary/aromatic N) is 2. The van der Waals surface area contributed by atoms with Gasteiger partial charge in [0.15, 0.2) is 0 Å². The van der Waals surface area contributed by atoms with Gasteiger partial charge in [0.2, 0.25) is 11.5 Å². The van der Waals surface area contributed by atoms with Crippen molar-refractivity contribution in [1.29, 1.82) is 5.41 Å². The summed E-state index contributed by atoms with van der Waals surface area (Å²) in [5.41, 5.74) is 7.35. The molecule has 0 aliphatic heterocycles. The maximum atomic E-state index is 12.5. The van der Waals surface area contributed by atoms with Gasteiger partial charge in [-0.1, -0.05) is 71.8 Å². The van der Waals surface area contributed by atoms with E-state index in [-0.39, 0.29) is 17.9 Å². The van der Waals surface area contributed by atoms with Gasteiger partial charge in [-0.2, -0.15) is 0 Å². The molecule has 1 atom stereocenters. The first-order valence-electron chi connectivity index (χ1n) is 12.1. The van der Waals surface area contributed by atoms with Crippen LogP contribution in [0.2, 0.25) is 0 Å². The Kier molecular flexibility index (Phi) is 6.10. The monoisotopic (exact) mass is 452 g/mol. The van der Waals surface area contributed by atoms with E-state index in [0.29, 0.717) is 18.7 Å². The van der Waals surface area contributed by atoms with Crippen molar-refractivity contribution in [3.05, 3.63) is 101 Å². The number of amides is 1. The molecule has 2 N–H and O–H groups in total. The first-order valence-corrected chi connectivity index (χ1v) is 12.1. The second kappa shape index (κ2) is 9.34. The molecule has 1 heterocycles. The number of imidazole rings is 1. The van der Waals surface area contributed by atoms with E-state index >= 15 is 0 Å². The van der Waals surface area contributed by atoms with Crippen LogP contribution in [0.3, 0.4) is 0 Å². The largest absolute Gasteiger partial charge is 0.354 e. The number of benzene rings is 3. The average Bonchev–Trinajstić information content (AvgIpc) is 3.66. The fourth-order valence-electron chi connectivity index (χ4n) is 4.62. The highest BCUT2D eigenvalue weighted by atomic mass is 16.2. The Morgan fingerprint density at radius 2 is 1.50 bits per heavy atom. The molecule has 1 saturated carbocycles. The number of aromatic nitrogens is 2. The predicted molar refractivity (Wildman–Crippen MR) is 136 cm³/mol. The van der Waals surface area contributed by atoms with Gasteiger partial charge in [0.25, 0.3) is 0 Å². The minimum absolute atomic E-state index is 0.0536. The normalized spacial score (nSPS) is 14.3. The van der Waals surface area contributed by atoms with Gasteiger partial charge in [-0.05, 0) is 56.4 Å². The van der Waals surface area contributed by atoms with Gasteiger partial charge in [0.1, 0.15) is 0 Å². The van der Waals surface area contributed by atoms with Crippen LogP contribution in [0.4, 0.5) is 0 Å². The summed E-state index contributed by atoms with van der Waals surface area (Å²) in [5, 5.41) is 12.4. The van der Waals surface area contributed by atoms with Crippen molar-refractivity contribution in [2.45, 2.75) is 45.7 Å². The number of nitrogens with one attached hydrogen (secondary N) is 2. The van der Waals surface area contributed by atoms with Crippen molar-refractivity contribution >= 4 is 16.9 Å². The van der Waals surface area contributed by atoms with E-state index in [9.17, 15) is 10.2 Å². The number of hydrogen-bond acceptors (Lipinski definition) is 2. The Morgan fingerprint density at radius 1 is 0.912 bits per heavy atom. The maximum absolute atomic E-state index is 12.5. The Hall–Kier alpha value is -3.60. The molecular formula is C29H32N4O. The van der Waals surface area contributed by atoms with E-state index in [1.807, 2.05) is 12.1 Å². The topological polar surface area (TPSA) is 62.8 Å². The third-order valence-corrected chi connectivity index (χ3v) is 6.79. The van der Waals surface area contributed by atoms with Crippen LogP contribution < -0.4 is 10.9 Å². The average molecular weight is 453 g/mol. The lowest BCUT2D eigenvalue weighted by molar-refractivity contribution is -0.122. The van der Waals surface area contributed by atoms with E-state index in [0.717, 1.165) is 30.3 Å². The number of para-hydroxylation sites is 2. The van der Waals surface area contributed by atoms with E-state index in [4.69, 9.17) is 0 Å². The zero-order chi connectivity index (χ0) is 23.7. The van der Waals surface area contributed by atoms with Crippen molar-refractivity contribution in [2.24, 2.45) is 5.92 Å². The second-order valence-corrected chi connectivity index (χ2v) is 9.62. The van der Waals surface area contributed by atoms with Crippen LogP contribution in [0.15, 0.2) is 72.8 Å². The summed E-state index contributed by atoms with van der Waals surface area (Å²) in [6, 6.07) is 25.2. The number of carbonyl (C=O) groups is 1. The van der Waals surface area contributed by atoms with Crippen LogP contribution >= 0.6 is 0 Å². The fourth-order valence-corrected chi connectivity index (χ4v) is 4.62. The minimum Gasteiger partial charge on any atom is -0.354 e. The molecular weight excluding hydrogens is 420 g/mol. The summed E-state index contributed by atoms with van der Waals surface area (Å²) in [5.74, 6) is 0.313. The SMILES string of the molecule is Cc1ccc(CC(CNC(=O)C2CC2)n2c(=N)n(Cc3ccc(C)cc3)c3ccccc32)cc1. The predicted octanol–water partition coefficient (Wildman–Crippen LogP) is 4.90. The lowest BCUT2D eigenvalue weighted by atomic mass is 10.0. The van der Waals surface area contributed by atoms with Crippen LogP contribution in [0.25, 0.3) is 11.0 Å². The van der Waals surface area contributed by atoms with Gasteiger partial charge in [-0.15, -0.1) is 0 Å². The molecule has 5 heteroatoms. The lowest BCUT2D eigenvalue weighted by Gasteiger charge is -2.21. The molecule has 174 valence electrons. The highest BCUT2D eigenvalue weighted by molar-refractivity contribution is 5.81. The molecule has 0 spiro atoms.